The lowest BCUT2D eigenvalue weighted by Gasteiger charge is -2.20. The smallest absolute Gasteiger partial charge is 0.0540 e. The molecule has 2 unspecified atom stereocenters. The fourth-order valence-electron chi connectivity index (χ4n) is 2.09. The molecule has 15 heavy (non-hydrogen) atoms. The number of aliphatic hydroxyl groups is 1. The molecule has 0 saturated heterocycles. The SMILES string of the molecule is C=C1/C=C\C(C(C)C)CCC(O)CCC1. The van der Waals surface area contributed by atoms with E-state index in [2.05, 4.69) is 32.6 Å². The first-order valence-electron chi connectivity index (χ1n) is 6.13. The first-order chi connectivity index (χ1) is 7.09. The molecular formula is C14H24O. The molecule has 0 aromatic heterocycles. The first kappa shape index (κ1) is 12.5. The zero-order chi connectivity index (χ0) is 11.3. The predicted octanol–water partition coefficient (Wildman–Crippen LogP) is 3.70. The van der Waals surface area contributed by atoms with Crippen LogP contribution in [-0.2, 0) is 0 Å². The van der Waals surface area contributed by atoms with E-state index in [0.717, 1.165) is 32.1 Å². The average Bonchev–Trinajstić information content (AvgIpc) is 2.16. The van der Waals surface area contributed by atoms with Gasteiger partial charge >= 0.3 is 0 Å². The summed E-state index contributed by atoms with van der Waals surface area (Å²) in [6.07, 6.45) is 9.42. The molecule has 0 bridgehead atoms. The predicted molar refractivity (Wildman–Crippen MR) is 65.7 cm³/mol. The Labute approximate surface area is 93.9 Å². The summed E-state index contributed by atoms with van der Waals surface area (Å²) < 4.78 is 0. The molecule has 0 amide bonds. The van der Waals surface area contributed by atoms with Gasteiger partial charge in [-0.25, -0.2) is 0 Å². The topological polar surface area (TPSA) is 20.2 Å². The summed E-state index contributed by atoms with van der Waals surface area (Å²) in [5, 5.41) is 9.76. The molecule has 0 radical (unpaired) electrons. The Morgan fingerprint density at radius 1 is 1.33 bits per heavy atom. The third-order valence-corrected chi connectivity index (χ3v) is 3.30. The largest absolute Gasteiger partial charge is 0.393 e. The van der Waals surface area contributed by atoms with E-state index >= 15 is 0 Å². The van der Waals surface area contributed by atoms with E-state index < -0.39 is 0 Å². The maximum atomic E-state index is 9.76. The van der Waals surface area contributed by atoms with Crippen LogP contribution in [0.15, 0.2) is 24.3 Å². The molecule has 2 atom stereocenters. The molecule has 1 N–H and O–H groups in total. The van der Waals surface area contributed by atoms with Crippen LogP contribution in [0.5, 0.6) is 0 Å². The molecule has 0 aromatic rings. The van der Waals surface area contributed by atoms with Crippen LogP contribution in [0, 0.1) is 11.8 Å². The van der Waals surface area contributed by atoms with Crippen molar-refractivity contribution >= 4 is 0 Å². The molecule has 1 heteroatoms. The minimum atomic E-state index is -0.106. The Morgan fingerprint density at radius 2 is 2.07 bits per heavy atom. The summed E-state index contributed by atoms with van der Waals surface area (Å²) in [7, 11) is 0. The van der Waals surface area contributed by atoms with E-state index in [1.807, 2.05) is 0 Å². The molecule has 0 aromatic carbocycles. The van der Waals surface area contributed by atoms with Crippen molar-refractivity contribution in [3.63, 3.8) is 0 Å². The number of aliphatic hydroxyl groups excluding tert-OH is 1. The van der Waals surface area contributed by atoms with Gasteiger partial charge < -0.3 is 5.11 Å². The molecule has 1 rings (SSSR count). The van der Waals surface area contributed by atoms with Gasteiger partial charge in [0.25, 0.3) is 0 Å². The van der Waals surface area contributed by atoms with Crippen molar-refractivity contribution in [3.05, 3.63) is 24.3 Å². The van der Waals surface area contributed by atoms with Crippen molar-refractivity contribution in [1.82, 2.24) is 0 Å². The number of hydrogen-bond donors (Lipinski definition) is 1. The van der Waals surface area contributed by atoms with Gasteiger partial charge in [-0.2, -0.15) is 0 Å². The van der Waals surface area contributed by atoms with E-state index in [0.29, 0.717) is 11.8 Å². The average molecular weight is 208 g/mol. The monoisotopic (exact) mass is 208 g/mol. The summed E-state index contributed by atoms with van der Waals surface area (Å²) in [4.78, 5) is 0. The Hall–Kier alpha value is -0.560. The third kappa shape index (κ3) is 4.65. The summed E-state index contributed by atoms with van der Waals surface area (Å²) >= 11 is 0. The van der Waals surface area contributed by atoms with Crippen LogP contribution in [0.2, 0.25) is 0 Å². The molecule has 0 spiro atoms. The van der Waals surface area contributed by atoms with Crippen molar-refractivity contribution in [1.29, 1.82) is 0 Å². The first-order valence-corrected chi connectivity index (χ1v) is 6.13. The molecule has 0 aliphatic heterocycles. The van der Waals surface area contributed by atoms with Crippen molar-refractivity contribution in [2.45, 2.75) is 52.1 Å². The Balaban J connectivity index is 2.63. The van der Waals surface area contributed by atoms with Crippen molar-refractivity contribution < 1.29 is 5.11 Å². The highest BCUT2D eigenvalue weighted by atomic mass is 16.3. The highest BCUT2D eigenvalue weighted by molar-refractivity contribution is 5.15. The van der Waals surface area contributed by atoms with Crippen LogP contribution in [0.4, 0.5) is 0 Å². The molecule has 1 nitrogen and oxygen atoms in total. The second-order valence-corrected chi connectivity index (χ2v) is 5.05. The summed E-state index contributed by atoms with van der Waals surface area (Å²) in [6.45, 7) is 8.53. The van der Waals surface area contributed by atoms with Gasteiger partial charge in [-0.1, -0.05) is 38.2 Å². The molecule has 86 valence electrons. The van der Waals surface area contributed by atoms with Crippen LogP contribution < -0.4 is 0 Å². The second kappa shape index (κ2) is 6.12. The molecule has 0 heterocycles. The summed E-state index contributed by atoms with van der Waals surface area (Å²) in [5.74, 6) is 1.25. The van der Waals surface area contributed by atoms with E-state index in [1.54, 1.807) is 0 Å². The van der Waals surface area contributed by atoms with E-state index in [4.69, 9.17) is 0 Å². The standard InChI is InChI=1S/C14H24O/c1-11(2)13-8-7-12(3)5-4-6-14(15)10-9-13/h7-8,11,13-15H,3-6,9-10H2,1-2H3/b8-7-. The van der Waals surface area contributed by atoms with Crippen LogP contribution >= 0.6 is 0 Å². The fraction of sp³-hybridized carbons (Fsp3) is 0.714. The molecular weight excluding hydrogens is 184 g/mol. The number of rotatable bonds is 1. The van der Waals surface area contributed by atoms with Crippen LogP contribution in [0.3, 0.4) is 0 Å². The van der Waals surface area contributed by atoms with Gasteiger partial charge in [-0.05, 0) is 43.9 Å². The van der Waals surface area contributed by atoms with Gasteiger partial charge in [-0.15, -0.1) is 0 Å². The Bertz CT molecular complexity index is 227. The minimum absolute atomic E-state index is 0.106. The summed E-state index contributed by atoms with van der Waals surface area (Å²) in [5.41, 5.74) is 1.20. The maximum absolute atomic E-state index is 9.76. The normalized spacial score (nSPS) is 31.6. The van der Waals surface area contributed by atoms with Crippen molar-refractivity contribution in [2.24, 2.45) is 11.8 Å². The van der Waals surface area contributed by atoms with Crippen molar-refractivity contribution in [2.75, 3.05) is 0 Å². The number of hydrogen-bond acceptors (Lipinski definition) is 1. The second-order valence-electron chi connectivity index (χ2n) is 5.05. The molecule has 0 saturated carbocycles. The van der Waals surface area contributed by atoms with Gasteiger partial charge in [-0.3, -0.25) is 0 Å². The lowest BCUT2D eigenvalue weighted by molar-refractivity contribution is 0.142. The summed E-state index contributed by atoms with van der Waals surface area (Å²) in [6, 6.07) is 0. The van der Waals surface area contributed by atoms with Crippen LogP contribution in [0.1, 0.15) is 46.0 Å². The van der Waals surface area contributed by atoms with E-state index in [1.165, 1.54) is 5.57 Å². The Kier molecular flexibility index (Phi) is 5.10. The minimum Gasteiger partial charge on any atom is -0.393 e. The highest BCUT2D eigenvalue weighted by Crippen LogP contribution is 2.24. The quantitative estimate of drug-likeness (QED) is 0.696. The fourth-order valence-corrected chi connectivity index (χ4v) is 2.09. The van der Waals surface area contributed by atoms with Gasteiger partial charge in [0, 0.05) is 0 Å². The van der Waals surface area contributed by atoms with E-state index in [9.17, 15) is 5.11 Å². The zero-order valence-electron chi connectivity index (χ0n) is 10.1. The molecule has 1 aliphatic rings. The van der Waals surface area contributed by atoms with E-state index in [-0.39, 0.29) is 6.10 Å². The van der Waals surface area contributed by atoms with Gasteiger partial charge in [0.1, 0.15) is 0 Å². The highest BCUT2D eigenvalue weighted by Gasteiger charge is 2.14. The lowest BCUT2D eigenvalue weighted by atomic mass is 9.87. The zero-order valence-corrected chi connectivity index (χ0v) is 10.1. The lowest BCUT2D eigenvalue weighted by Crippen LogP contribution is -2.13. The third-order valence-electron chi connectivity index (χ3n) is 3.30. The maximum Gasteiger partial charge on any atom is 0.0540 e. The van der Waals surface area contributed by atoms with Gasteiger partial charge in [0.05, 0.1) is 6.10 Å². The van der Waals surface area contributed by atoms with Crippen LogP contribution in [0.25, 0.3) is 0 Å². The molecule has 0 fully saturated rings. The Morgan fingerprint density at radius 3 is 2.73 bits per heavy atom. The van der Waals surface area contributed by atoms with Crippen LogP contribution in [-0.4, -0.2) is 11.2 Å². The van der Waals surface area contributed by atoms with Gasteiger partial charge in [0.2, 0.25) is 0 Å². The number of allylic oxidation sites excluding steroid dienone is 3. The molecule has 1 aliphatic carbocycles. The van der Waals surface area contributed by atoms with Gasteiger partial charge in [0.15, 0.2) is 0 Å². The van der Waals surface area contributed by atoms with Crippen molar-refractivity contribution in [3.8, 4) is 0 Å².